The standard InChI is InChI=1S/C45H89NO5.C9H18O3/c1-5-8-11-14-17-24-31-40-50-44(48)42(4)33-26-21-23-30-37-46(38-39-47)36-29-22-18-25-32-41-51-45(49)43(34-27-19-15-12-9-6-2)35-28-20-16-13-10-7-3;1-12-8-6-4-2-3-5-7-9(10)11/h42-43,47H,5-41H2,1-4H3;2-8H2,1H3,(H,10,11). The molecule has 9 nitrogen and oxygen atoms in total. The van der Waals surface area contributed by atoms with E-state index < -0.39 is 5.97 Å². The first-order valence-electron chi connectivity index (χ1n) is 27.1. The number of ether oxygens (including phenoxy) is 3. The van der Waals surface area contributed by atoms with Crippen LogP contribution in [0.2, 0.25) is 0 Å². The van der Waals surface area contributed by atoms with Crippen molar-refractivity contribution in [1.29, 1.82) is 0 Å². The van der Waals surface area contributed by atoms with E-state index in [4.69, 9.17) is 19.3 Å². The van der Waals surface area contributed by atoms with E-state index in [0.717, 1.165) is 142 Å². The summed E-state index contributed by atoms with van der Waals surface area (Å²) in [5.74, 6) is -0.567. The molecule has 2 N–H and O–H groups in total. The normalized spacial score (nSPS) is 11.8. The molecule has 0 aliphatic carbocycles. The molecule has 0 bridgehead atoms. The molecule has 63 heavy (non-hydrogen) atoms. The van der Waals surface area contributed by atoms with E-state index in [1.807, 2.05) is 6.92 Å². The molecule has 1 atom stereocenters. The van der Waals surface area contributed by atoms with Crippen molar-refractivity contribution >= 4 is 17.9 Å². The number of carbonyl (C=O) groups is 3. The highest BCUT2D eigenvalue weighted by molar-refractivity contribution is 5.72. The Bertz CT molecular complexity index is 933. The smallest absolute Gasteiger partial charge is 0.308 e. The Labute approximate surface area is 390 Å². The number of carboxylic acids is 1. The average molecular weight is 898 g/mol. The molecule has 0 aliphatic heterocycles. The fourth-order valence-corrected chi connectivity index (χ4v) is 8.14. The number of esters is 2. The van der Waals surface area contributed by atoms with Gasteiger partial charge in [0.2, 0.25) is 0 Å². The number of aliphatic hydroxyl groups is 1. The van der Waals surface area contributed by atoms with Crippen LogP contribution in [0.5, 0.6) is 0 Å². The second-order valence-corrected chi connectivity index (χ2v) is 18.6. The van der Waals surface area contributed by atoms with Gasteiger partial charge in [-0.25, -0.2) is 0 Å². The maximum absolute atomic E-state index is 13.0. The summed E-state index contributed by atoms with van der Waals surface area (Å²) in [4.78, 5) is 37.8. The third kappa shape index (κ3) is 49.6. The van der Waals surface area contributed by atoms with Crippen LogP contribution in [-0.2, 0) is 28.6 Å². The Morgan fingerprint density at radius 2 is 0.810 bits per heavy atom. The van der Waals surface area contributed by atoms with E-state index >= 15 is 0 Å². The van der Waals surface area contributed by atoms with E-state index in [-0.39, 0.29) is 30.4 Å². The number of carboxylic acid groups (broad SMARTS) is 1. The maximum Gasteiger partial charge on any atom is 0.308 e. The molecule has 9 heteroatoms. The number of hydrogen-bond acceptors (Lipinski definition) is 8. The van der Waals surface area contributed by atoms with Crippen LogP contribution in [-0.4, -0.2) is 86.2 Å². The maximum atomic E-state index is 13.0. The summed E-state index contributed by atoms with van der Waals surface area (Å²) in [5, 5.41) is 17.9. The monoisotopic (exact) mass is 898 g/mol. The summed E-state index contributed by atoms with van der Waals surface area (Å²) >= 11 is 0. The van der Waals surface area contributed by atoms with Crippen LogP contribution < -0.4 is 0 Å². The van der Waals surface area contributed by atoms with Gasteiger partial charge in [-0.15, -0.1) is 0 Å². The molecule has 0 aromatic rings. The number of carbonyl (C=O) groups excluding carboxylic acids is 2. The molecular weight excluding hydrogens is 791 g/mol. The second kappa shape index (κ2) is 52.9. The van der Waals surface area contributed by atoms with Crippen LogP contribution in [0.25, 0.3) is 0 Å². The molecule has 0 rings (SSSR count). The summed E-state index contributed by atoms with van der Waals surface area (Å²) in [7, 11) is 1.70. The number of hydrogen-bond donors (Lipinski definition) is 2. The van der Waals surface area contributed by atoms with Crippen molar-refractivity contribution in [3.8, 4) is 0 Å². The third-order valence-electron chi connectivity index (χ3n) is 12.4. The highest BCUT2D eigenvalue weighted by Crippen LogP contribution is 2.21. The molecule has 0 spiro atoms. The van der Waals surface area contributed by atoms with Crippen molar-refractivity contribution in [3.63, 3.8) is 0 Å². The van der Waals surface area contributed by atoms with E-state index in [9.17, 15) is 19.5 Å². The Morgan fingerprint density at radius 1 is 0.444 bits per heavy atom. The van der Waals surface area contributed by atoms with Gasteiger partial charge in [0.05, 0.1) is 31.7 Å². The Balaban J connectivity index is 0. The van der Waals surface area contributed by atoms with Gasteiger partial charge in [0.25, 0.3) is 0 Å². The van der Waals surface area contributed by atoms with Crippen LogP contribution in [0.1, 0.15) is 265 Å². The topological polar surface area (TPSA) is 123 Å². The minimum atomic E-state index is -0.688. The van der Waals surface area contributed by atoms with Gasteiger partial charge in [-0.2, -0.15) is 0 Å². The highest BCUT2D eigenvalue weighted by atomic mass is 16.5. The largest absolute Gasteiger partial charge is 0.481 e. The van der Waals surface area contributed by atoms with Gasteiger partial charge in [0.15, 0.2) is 0 Å². The Morgan fingerprint density at radius 3 is 1.24 bits per heavy atom. The molecular formula is C54H107NO8. The van der Waals surface area contributed by atoms with Gasteiger partial charge in [-0.05, 0) is 70.9 Å². The second-order valence-electron chi connectivity index (χ2n) is 18.6. The molecule has 0 radical (unpaired) electrons. The molecule has 0 aromatic carbocycles. The van der Waals surface area contributed by atoms with E-state index in [1.54, 1.807) is 7.11 Å². The highest BCUT2D eigenvalue weighted by Gasteiger charge is 2.19. The number of methoxy groups -OCH3 is 1. The summed E-state index contributed by atoms with van der Waals surface area (Å²) in [6.07, 6.45) is 42.4. The van der Waals surface area contributed by atoms with Gasteiger partial charge >= 0.3 is 17.9 Å². The summed E-state index contributed by atoms with van der Waals surface area (Å²) < 4.78 is 16.2. The zero-order chi connectivity index (χ0) is 46.7. The molecule has 0 aliphatic rings. The third-order valence-corrected chi connectivity index (χ3v) is 12.4. The van der Waals surface area contributed by atoms with Gasteiger partial charge in [0.1, 0.15) is 0 Å². The molecule has 1 unspecified atom stereocenters. The van der Waals surface area contributed by atoms with Crippen LogP contribution in [0.3, 0.4) is 0 Å². The molecule has 376 valence electrons. The van der Waals surface area contributed by atoms with Crippen molar-refractivity contribution in [2.24, 2.45) is 11.8 Å². The predicted octanol–water partition coefficient (Wildman–Crippen LogP) is 14.8. The molecule has 0 heterocycles. The van der Waals surface area contributed by atoms with Crippen LogP contribution >= 0.6 is 0 Å². The molecule has 0 saturated heterocycles. The van der Waals surface area contributed by atoms with Crippen LogP contribution in [0.15, 0.2) is 0 Å². The molecule has 0 amide bonds. The first-order chi connectivity index (χ1) is 30.8. The van der Waals surface area contributed by atoms with Crippen LogP contribution in [0, 0.1) is 11.8 Å². The summed E-state index contributed by atoms with van der Waals surface area (Å²) in [5.41, 5.74) is 0. The fraction of sp³-hybridized carbons (Fsp3) is 0.944. The number of aliphatic hydroxyl groups excluding tert-OH is 1. The summed E-state index contributed by atoms with van der Waals surface area (Å²) in [6.45, 7) is 13.8. The van der Waals surface area contributed by atoms with Gasteiger partial charge in [0, 0.05) is 26.7 Å². The average Bonchev–Trinajstić information content (AvgIpc) is 3.27. The van der Waals surface area contributed by atoms with Crippen molar-refractivity contribution in [1.82, 2.24) is 4.90 Å². The van der Waals surface area contributed by atoms with Crippen molar-refractivity contribution in [2.75, 3.05) is 53.2 Å². The lowest BCUT2D eigenvalue weighted by Crippen LogP contribution is -2.29. The number of nitrogens with zero attached hydrogens (tertiary/aromatic N) is 1. The molecule has 0 fully saturated rings. The summed E-state index contributed by atoms with van der Waals surface area (Å²) in [6, 6.07) is 0. The van der Waals surface area contributed by atoms with Crippen molar-refractivity contribution < 1.29 is 38.8 Å². The van der Waals surface area contributed by atoms with Crippen molar-refractivity contribution in [2.45, 2.75) is 265 Å². The quantitative estimate of drug-likeness (QED) is 0.0454. The number of unbranched alkanes of at least 4 members (excludes halogenated alkanes) is 27. The number of aliphatic carboxylic acids is 1. The first kappa shape index (κ1) is 63.4. The first-order valence-corrected chi connectivity index (χ1v) is 27.1. The van der Waals surface area contributed by atoms with Crippen LogP contribution in [0.4, 0.5) is 0 Å². The van der Waals surface area contributed by atoms with E-state index in [1.165, 1.54) is 116 Å². The SMILES string of the molecule is CCCCCCCCCOC(=O)C(C)CCCCCCN(CCO)CCCCCCCOC(=O)C(CCCCCCCC)CCCCCCCC.COCCCCCCCC(=O)O. The molecule has 0 aromatic heterocycles. The Hall–Kier alpha value is -1.71. The lowest BCUT2D eigenvalue weighted by Gasteiger charge is -2.21. The van der Waals surface area contributed by atoms with Gasteiger partial charge in [-0.1, -0.05) is 201 Å². The van der Waals surface area contributed by atoms with Crippen molar-refractivity contribution in [3.05, 3.63) is 0 Å². The molecule has 0 saturated carbocycles. The lowest BCUT2D eigenvalue weighted by atomic mass is 9.94. The Kier molecular flexibility index (Phi) is 53.2. The van der Waals surface area contributed by atoms with E-state index in [2.05, 4.69) is 25.7 Å². The van der Waals surface area contributed by atoms with Gasteiger partial charge < -0.3 is 29.3 Å². The minimum Gasteiger partial charge on any atom is -0.481 e. The fourth-order valence-electron chi connectivity index (χ4n) is 8.14. The van der Waals surface area contributed by atoms with Gasteiger partial charge in [-0.3, -0.25) is 14.4 Å². The lowest BCUT2D eigenvalue weighted by molar-refractivity contribution is -0.149. The zero-order valence-corrected chi connectivity index (χ0v) is 42.6. The van der Waals surface area contributed by atoms with E-state index in [0.29, 0.717) is 19.6 Å². The predicted molar refractivity (Wildman–Crippen MR) is 265 cm³/mol. The zero-order valence-electron chi connectivity index (χ0n) is 42.6. The minimum absolute atomic E-state index is 0.00535. The number of rotatable bonds is 49.